The highest BCUT2D eigenvalue weighted by Gasteiger charge is 2.28. The minimum absolute atomic E-state index is 0.388. The normalized spacial score (nSPS) is 19.1. The van der Waals surface area contributed by atoms with Gasteiger partial charge in [0.25, 0.3) is 0 Å². The van der Waals surface area contributed by atoms with Gasteiger partial charge in [-0.25, -0.2) is 4.79 Å². The van der Waals surface area contributed by atoms with Crippen molar-refractivity contribution in [2.45, 2.75) is 52.5 Å². The van der Waals surface area contributed by atoms with E-state index in [9.17, 15) is 4.79 Å². The number of carbonyl (C=O) groups is 1. The molecule has 1 fully saturated rings. The summed E-state index contributed by atoms with van der Waals surface area (Å²) >= 11 is 0. The highest BCUT2D eigenvalue weighted by Crippen LogP contribution is 2.38. The summed E-state index contributed by atoms with van der Waals surface area (Å²) in [6.45, 7) is 7.74. The number of hydrogen-bond acceptors (Lipinski definition) is 2. The highest BCUT2D eigenvalue weighted by molar-refractivity contribution is 5.87. The number of benzene rings is 1. The minimum Gasteiger partial charge on any atom is -0.478 e. The molecular formula is C18H27NO2. The molecule has 1 aromatic rings. The van der Waals surface area contributed by atoms with Gasteiger partial charge >= 0.3 is 5.97 Å². The zero-order chi connectivity index (χ0) is 15.3. The van der Waals surface area contributed by atoms with Crippen LogP contribution in [0.5, 0.6) is 0 Å². The van der Waals surface area contributed by atoms with E-state index in [1.807, 2.05) is 12.1 Å². The van der Waals surface area contributed by atoms with Crippen molar-refractivity contribution in [1.82, 2.24) is 4.90 Å². The fraction of sp³-hybridized carbons (Fsp3) is 0.611. The van der Waals surface area contributed by atoms with Gasteiger partial charge in [0.1, 0.15) is 0 Å². The van der Waals surface area contributed by atoms with Crippen molar-refractivity contribution >= 4 is 5.97 Å². The maximum Gasteiger partial charge on any atom is 0.335 e. The van der Waals surface area contributed by atoms with Crippen LogP contribution in [-0.4, -0.2) is 29.1 Å². The summed E-state index contributed by atoms with van der Waals surface area (Å²) in [7, 11) is 0. The third kappa shape index (κ3) is 4.07. The Bertz CT molecular complexity index is 480. The fourth-order valence-corrected chi connectivity index (χ4v) is 3.49. The third-order valence-corrected chi connectivity index (χ3v) is 5.22. The molecule has 0 radical (unpaired) electrons. The molecule has 1 N–H and O–H groups in total. The van der Waals surface area contributed by atoms with Gasteiger partial charge in [-0.2, -0.15) is 0 Å². The van der Waals surface area contributed by atoms with Gasteiger partial charge in [0.05, 0.1) is 5.56 Å². The Morgan fingerprint density at radius 2 is 2.00 bits per heavy atom. The molecule has 0 atom stereocenters. The van der Waals surface area contributed by atoms with Crippen LogP contribution in [0.2, 0.25) is 0 Å². The summed E-state index contributed by atoms with van der Waals surface area (Å²) in [5.74, 6) is -0.844. The fourth-order valence-electron chi connectivity index (χ4n) is 3.49. The molecule has 0 saturated carbocycles. The first-order valence-corrected chi connectivity index (χ1v) is 8.13. The van der Waals surface area contributed by atoms with Crippen LogP contribution < -0.4 is 0 Å². The van der Waals surface area contributed by atoms with E-state index in [0.29, 0.717) is 11.0 Å². The topological polar surface area (TPSA) is 40.5 Å². The number of nitrogens with zero attached hydrogens (tertiary/aromatic N) is 1. The lowest BCUT2D eigenvalue weighted by Gasteiger charge is -2.30. The average Bonchev–Trinajstić information content (AvgIpc) is 2.70. The molecule has 1 saturated heterocycles. The smallest absolute Gasteiger partial charge is 0.335 e. The Balaban J connectivity index is 2.00. The third-order valence-electron chi connectivity index (χ3n) is 5.22. The molecule has 0 amide bonds. The first-order chi connectivity index (χ1) is 10.1. The molecule has 1 aliphatic heterocycles. The van der Waals surface area contributed by atoms with Crippen molar-refractivity contribution in [1.29, 1.82) is 0 Å². The van der Waals surface area contributed by atoms with Gasteiger partial charge in [-0.1, -0.05) is 38.8 Å². The van der Waals surface area contributed by atoms with Crippen LogP contribution in [-0.2, 0) is 6.54 Å². The van der Waals surface area contributed by atoms with Crippen molar-refractivity contribution in [2.24, 2.45) is 5.41 Å². The SMILES string of the molecule is CCC1(CC)CCCN(Cc2cccc(C(=O)O)c2)CC1. The molecular weight excluding hydrogens is 262 g/mol. The van der Waals surface area contributed by atoms with E-state index in [4.69, 9.17) is 5.11 Å². The number of carboxylic acid groups (broad SMARTS) is 1. The summed E-state index contributed by atoms with van der Waals surface area (Å²) in [5, 5.41) is 9.08. The molecule has 116 valence electrons. The summed E-state index contributed by atoms with van der Waals surface area (Å²) in [6.07, 6.45) is 6.38. The van der Waals surface area contributed by atoms with E-state index in [1.54, 1.807) is 12.1 Å². The molecule has 3 nitrogen and oxygen atoms in total. The maximum absolute atomic E-state index is 11.0. The molecule has 3 heteroatoms. The predicted octanol–water partition coefficient (Wildman–Crippen LogP) is 4.18. The Kier molecular flexibility index (Phi) is 5.40. The van der Waals surface area contributed by atoms with Gasteiger partial charge in [-0.05, 0) is 55.5 Å². The Hall–Kier alpha value is -1.35. The highest BCUT2D eigenvalue weighted by atomic mass is 16.4. The first kappa shape index (κ1) is 16.0. The number of carboxylic acids is 1. The van der Waals surface area contributed by atoms with Crippen molar-refractivity contribution < 1.29 is 9.90 Å². The van der Waals surface area contributed by atoms with Crippen molar-refractivity contribution in [3.8, 4) is 0 Å². The summed E-state index contributed by atoms with van der Waals surface area (Å²) in [5.41, 5.74) is 2.02. The second kappa shape index (κ2) is 7.08. The van der Waals surface area contributed by atoms with E-state index >= 15 is 0 Å². The molecule has 2 rings (SSSR count). The number of aromatic carboxylic acids is 1. The average molecular weight is 289 g/mol. The molecule has 0 aliphatic carbocycles. The molecule has 1 heterocycles. The van der Waals surface area contributed by atoms with Crippen LogP contribution in [0.1, 0.15) is 61.9 Å². The van der Waals surface area contributed by atoms with Crippen LogP contribution in [0.3, 0.4) is 0 Å². The van der Waals surface area contributed by atoms with E-state index in [2.05, 4.69) is 18.7 Å². The summed E-state index contributed by atoms with van der Waals surface area (Å²) < 4.78 is 0. The van der Waals surface area contributed by atoms with Gasteiger partial charge < -0.3 is 5.11 Å². The van der Waals surface area contributed by atoms with Crippen molar-refractivity contribution in [3.63, 3.8) is 0 Å². The molecule has 21 heavy (non-hydrogen) atoms. The van der Waals surface area contributed by atoms with E-state index in [0.717, 1.165) is 25.2 Å². The van der Waals surface area contributed by atoms with Crippen LogP contribution in [0, 0.1) is 5.41 Å². The standard InChI is InChI=1S/C18H27NO2/c1-3-18(4-2)9-6-11-19(12-10-18)14-15-7-5-8-16(13-15)17(20)21/h5,7-8,13H,3-4,6,9-12,14H2,1-2H3,(H,20,21). The summed E-state index contributed by atoms with van der Waals surface area (Å²) in [4.78, 5) is 13.5. The number of rotatable bonds is 5. The molecule has 0 unspecified atom stereocenters. The van der Waals surface area contributed by atoms with Gasteiger partial charge in [-0.3, -0.25) is 4.90 Å². The van der Waals surface area contributed by atoms with Gasteiger partial charge in [0, 0.05) is 6.54 Å². The second-order valence-electron chi connectivity index (χ2n) is 6.34. The summed E-state index contributed by atoms with van der Waals surface area (Å²) in [6, 6.07) is 7.34. The Morgan fingerprint density at radius 3 is 2.67 bits per heavy atom. The van der Waals surface area contributed by atoms with Crippen molar-refractivity contribution in [2.75, 3.05) is 13.1 Å². The maximum atomic E-state index is 11.0. The lowest BCUT2D eigenvalue weighted by molar-refractivity contribution is 0.0696. The van der Waals surface area contributed by atoms with E-state index in [1.165, 1.54) is 32.1 Å². The van der Waals surface area contributed by atoms with Gasteiger partial charge in [0.2, 0.25) is 0 Å². The van der Waals surface area contributed by atoms with Crippen LogP contribution in [0.4, 0.5) is 0 Å². The lowest BCUT2D eigenvalue weighted by atomic mass is 9.76. The quantitative estimate of drug-likeness (QED) is 0.884. The monoisotopic (exact) mass is 289 g/mol. The van der Waals surface area contributed by atoms with Gasteiger partial charge in [-0.15, -0.1) is 0 Å². The van der Waals surface area contributed by atoms with Crippen molar-refractivity contribution in [3.05, 3.63) is 35.4 Å². The largest absolute Gasteiger partial charge is 0.478 e. The second-order valence-corrected chi connectivity index (χ2v) is 6.34. The van der Waals surface area contributed by atoms with Crippen LogP contribution >= 0.6 is 0 Å². The number of likely N-dealkylation sites (tertiary alicyclic amines) is 1. The molecule has 0 spiro atoms. The van der Waals surface area contributed by atoms with E-state index < -0.39 is 5.97 Å². The van der Waals surface area contributed by atoms with Crippen LogP contribution in [0.25, 0.3) is 0 Å². The molecule has 1 aromatic carbocycles. The van der Waals surface area contributed by atoms with Crippen LogP contribution in [0.15, 0.2) is 24.3 Å². The molecule has 1 aliphatic rings. The Morgan fingerprint density at radius 1 is 1.24 bits per heavy atom. The molecule has 0 bridgehead atoms. The van der Waals surface area contributed by atoms with E-state index in [-0.39, 0.29) is 0 Å². The predicted molar refractivity (Wildman–Crippen MR) is 85.5 cm³/mol. The number of hydrogen-bond donors (Lipinski definition) is 1. The zero-order valence-corrected chi connectivity index (χ0v) is 13.3. The first-order valence-electron chi connectivity index (χ1n) is 8.13. The van der Waals surface area contributed by atoms with Gasteiger partial charge in [0.15, 0.2) is 0 Å². The minimum atomic E-state index is -0.844. The lowest BCUT2D eigenvalue weighted by Crippen LogP contribution is -2.26. The molecule has 0 aromatic heterocycles. The Labute approximate surface area is 128 Å². The zero-order valence-electron chi connectivity index (χ0n) is 13.3.